The largest absolute Gasteiger partial charge is 0.493 e. The molecule has 13 heteroatoms. The minimum absolute atomic E-state index is 0.0174. The van der Waals surface area contributed by atoms with Crippen molar-refractivity contribution in [1.82, 2.24) is 4.90 Å². The lowest BCUT2D eigenvalue weighted by Gasteiger charge is -2.38. The number of rotatable bonds is 7. The van der Waals surface area contributed by atoms with Crippen LogP contribution in [0.2, 0.25) is 10.0 Å². The number of hydrogen-bond acceptors (Lipinski definition) is 8. The van der Waals surface area contributed by atoms with Crippen LogP contribution in [0.4, 0.5) is 5.69 Å². The van der Waals surface area contributed by atoms with Gasteiger partial charge in [0.05, 0.1) is 31.9 Å². The van der Waals surface area contributed by atoms with Crippen LogP contribution in [0.3, 0.4) is 0 Å². The molecule has 0 radical (unpaired) electrons. The highest BCUT2D eigenvalue weighted by molar-refractivity contribution is 7.93. The highest BCUT2D eigenvalue weighted by Crippen LogP contribution is 2.53. The summed E-state index contributed by atoms with van der Waals surface area (Å²) in [4.78, 5) is 28.2. The SMILES string of the molecule is COC(=O)C1CCCN1C(=O)C1N(S(=O)(=O)c2ccc(OC)c(OC)c2)c2ccc(Cl)cc2C1(O)c1ccccc1Cl. The predicted octanol–water partition coefficient (Wildman–Crippen LogP) is 3.99. The molecular weight excluding hydrogens is 607 g/mol. The molecule has 1 saturated heterocycles. The van der Waals surface area contributed by atoms with Gasteiger partial charge in [0.2, 0.25) is 0 Å². The molecule has 1 fully saturated rings. The van der Waals surface area contributed by atoms with Crippen LogP contribution < -0.4 is 13.8 Å². The number of hydrogen-bond donors (Lipinski definition) is 1. The van der Waals surface area contributed by atoms with Gasteiger partial charge >= 0.3 is 5.97 Å². The van der Waals surface area contributed by atoms with Crippen LogP contribution in [0.5, 0.6) is 11.5 Å². The van der Waals surface area contributed by atoms with Gasteiger partial charge < -0.3 is 24.2 Å². The molecule has 2 aliphatic rings. The van der Waals surface area contributed by atoms with Crippen molar-refractivity contribution in [3.05, 3.63) is 81.8 Å². The summed E-state index contributed by atoms with van der Waals surface area (Å²) in [5.41, 5.74) is -2.14. The number of amides is 1. The van der Waals surface area contributed by atoms with E-state index in [0.29, 0.717) is 18.6 Å². The standard InChI is InChI=1S/C29H28Cl2N2O8S/c1-39-24-13-11-18(16-25(24)40-2)42(37,38)33-22-12-10-17(30)15-20(22)29(36,19-7-4-5-8-21(19)31)26(33)27(34)32-14-6-9-23(32)28(35)41-3/h4-5,7-8,10-13,15-16,23,26,36H,6,9,14H2,1-3H3. The van der Waals surface area contributed by atoms with E-state index in [2.05, 4.69) is 0 Å². The van der Waals surface area contributed by atoms with E-state index < -0.39 is 39.6 Å². The van der Waals surface area contributed by atoms with Crippen LogP contribution in [0.15, 0.2) is 65.6 Å². The van der Waals surface area contributed by atoms with E-state index in [0.717, 1.165) is 4.31 Å². The van der Waals surface area contributed by atoms with Gasteiger partial charge in [0.1, 0.15) is 11.6 Å². The van der Waals surface area contributed by atoms with Crippen molar-refractivity contribution in [3.8, 4) is 11.5 Å². The number of halogens is 2. The lowest BCUT2D eigenvalue weighted by molar-refractivity contribution is -0.152. The lowest BCUT2D eigenvalue weighted by Crippen LogP contribution is -2.59. The number of nitrogens with zero attached hydrogens (tertiary/aromatic N) is 2. The van der Waals surface area contributed by atoms with Crippen molar-refractivity contribution in [1.29, 1.82) is 0 Å². The molecule has 10 nitrogen and oxygen atoms in total. The second-order valence-corrected chi connectivity index (χ2v) is 12.5. The topological polar surface area (TPSA) is 123 Å². The monoisotopic (exact) mass is 634 g/mol. The maximum Gasteiger partial charge on any atom is 0.328 e. The Morgan fingerprint density at radius 1 is 0.952 bits per heavy atom. The third-order valence-electron chi connectivity index (χ3n) is 7.68. The average molecular weight is 636 g/mol. The molecule has 2 heterocycles. The molecule has 0 spiro atoms. The van der Waals surface area contributed by atoms with Crippen LogP contribution >= 0.6 is 23.2 Å². The molecule has 42 heavy (non-hydrogen) atoms. The number of sulfonamides is 1. The van der Waals surface area contributed by atoms with Gasteiger partial charge in [0, 0.05) is 33.8 Å². The average Bonchev–Trinajstić information content (AvgIpc) is 3.58. The molecular formula is C29H28Cl2N2O8S. The highest BCUT2D eigenvalue weighted by atomic mass is 35.5. The Bertz CT molecular complexity index is 1670. The fourth-order valence-corrected chi connectivity index (χ4v) is 7.84. The maximum absolute atomic E-state index is 14.6. The third-order valence-corrected chi connectivity index (χ3v) is 10.0. The van der Waals surface area contributed by atoms with E-state index in [1.807, 2.05) is 0 Å². The Balaban J connectivity index is 1.79. The van der Waals surface area contributed by atoms with E-state index in [1.165, 1.54) is 74.8 Å². The second kappa shape index (κ2) is 11.3. The summed E-state index contributed by atoms with van der Waals surface area (Å²) in [6.07, 6.45) is 0.792. The molecule has 3 aromatic carbocycles. The molecule has 3 aromatic rings. The molecule has 0 aromatic heterocycles. The van der Waals surface area contributed by atoms with Gasteiger partial charge in [-0.25, -0.2) is 17.5 Å². The second-order valence-electron chi connectivity index (χ2n) is 9.84. The van der Waals surface area contributed by atoms with Crippen LogP contribution in [0.25, 0.3) is 0 Å². The maximum atomic E-state index is 14.6. The molecule has 3 unspecified atom stereocenters. The van der Waals surface area contributed by atoms with E-state index in [9.17, 15) is 23.1 Å². The first-order valence-corrected chi connectivity index (χ1v) is 15.1. The molecule has 3 atom stereocenters. The number of ether oxygens (including phenoxy) is 3. The van der Waals surface area contributed by atoms with Gasteiger partial charge in [-0.3, -0.25) is 4.79 Å². The number of likely N-dealkylation sites (tertiary alicyclic amines) is 1. The summed E-state index contributed by atoms with van der Waals surface area (Å²) in [5, 5.41) is 13.0. The van der Waals surface area contributed by atoms with Crippen molar-refractivity contribution in [3.63, 3.8) is 0 Å². The van der Waals surface area contributed by atoms with Gasteiger partial charge in [-0.2, -0.15) is 0 Å². The summed E-state index contributed by atoms with van der Waals surface area (Å²) < 4.78 is 45.5. The van der Waals surface area contributed by atoms with Crippen molar-refractivity contribution in [2.24, 2.45) is 0 Å². The van der Waals surface area contributed by atoms with E-state index in [-0.39, 0.29) is 44.0 Å². The minimum Gasteiger partial charge on any atom is -0.493 e. The number of methoxy groups -OCH3 is 3. The molecule has 0 aliphatic carbocycles. The van der Waals surface area contributed by atoms with E-state index in [1.54, 1.807) is 12.1 Å². The number of carbonyl (C=O) groups is 2. The fraction of sp³-hybridized carbons (Fsp3) is 0.310. The third kappa shape index (κ3) is 4.64. The van der Waals surface area contributed by atoms with Crippen molar-refractivity contribution < 1.29 is 37.3 Å². The summed E-state index contributed by atoms with van der Waals surface area (Å²) in [5.74, 6) is -1.01. The van der Waals surface area contributed by atoms with Gasteiger partial charge in [-0.15, -0.1) is 0 Å². The van der Waals surface area contributed by atoms with Gasteiger partial charge in [-0.05, 0) is 49.2 Å². The Morgan fingerprint density at radius 3 is 2.33 bits per heavy atom. The number of aliphatic hydroxyl groups is 1. The summed E-state index contributed by atoms with van der Waals surface area (Å²) >= 11 is 13.0. The van der Waals surface area contributed by atoms with Crippen LogP contribution in [-0.4, -0.2) is 70.3 Å². The molecule has 0 bridgehead atoms. The smallest absolute Gasteiger partial charge is 0.328 e. The Morgan fingerprint density at radius 2 is 1.67 bits per heavy atom. The Labute approximate surface area is 253 Å². The molecule has 222 valence electrons. The van der Waals surface area contributed by atoms with Crippen molar-refractivity contribution in [2.45, 2.75) is 35.4 Å². The first kappa shape index (κ1) is 30.0. The molecule has 0 saturated carbocycles. The Hall–Kier alpha value is -3.51. The van der Waals surface area contributed by atoms with Crippen LogP contribution in [0, 0.1) is 0 Å². The zero-order valence-electron chi connectivity index (χ0n) is 22.9. The fourth-order valence-electron chi connectivity index (χ4n) is 5.73. The van der Waals surface area contributed by atoms with Crippen molar-refractivity contribution in [2.75, 3.05) is 32.2 Å². The number of anilines is 1. The van der Waals surface area contributed by atoms with Crippen LogP contribution in [0.1, 0.15) is 24.0 Å². The zero-order chi connectivity index (χ0) is 30.4. The summed E-state index contributed by atoms with van der Waals surface area (Å²) in [6.45, 7) is 0.148. The lowest BCUT2D eigenvalue weighted by atomic mass is 9.82. The molecule has 1 amide bonds. The Kier molecular flexibility index (Phi) is 8.06. The van der Waals surface area contributed by atoms with Gasteiger partial charge in [0.15, 0.2) is 17.5 Å². The van der Waals surface area contributed by atoms with Gasteiger partial charge in [0.25, 0.3) is 15.9 Å². The van der Waals surface area contributed by atoms with E-state index in [4.69, 9.17) is 37.4 Å². The van der Waals surface area contributed by atoms with Crippen LogP contribution in [-0.2, 0) is 30.0 Å². The quantitative estimate of drug-likeness (QED) is 0.387. The highest BCUT2D eigenvalue weighted by Gasteiger charge is 2.61. The zero-order valence-corrected chi connectivity index (χ0v) is 25.2. The number of benzene rings is 3. The number of carbonyl (C=O) groups excluding carboxylic acids is 2. The van der Waals surface area contributed by atoms with E-state index >= 15 is 0 Å². The molecule has 2 aliphatic heterocycles. The van der Waals surface area contributed by atoms with Crippen molar-refractivity contribution >= 4 is 50.8 Å². The summed E-state index contributed by atoms with van der Waals surface area (Å²) in [7, 11) is -0.600. The normalized spacial score (nSPS) is 21.7. The predicted molar refractivity (Wildman–Crippen MR) is 156 cm³/mol. The first-order chi connectivity index (χ1) is 20.0. The minimum atomic E-state index is -4.59. The number of esters is 1. The summed E-state index contributed by atoms with van der Waals surface area (Å²) in [6, 6.07) is 11.8. The van der Waals surface area contributed by atoms with Gasteiger partial charge in [-0.1, -0.05) is 41.4 Å². The molecule has 1 N–H and O–H groups in total. The number of fused-ring (bicyclic) bond motifs is 1. The first-order valence-electron chi connectivity index (χ1n) is 12.9. The molecule has 5 rings (SSSR count).